The molecule has 0 spiro atoms. The van der Waals surface area contributed by atoms with Gasteiger partial charge in [-0.2, -0.15) is 0 Å². The van der Waals surface area contributed by atoms with E-state index in [1.807, 2.05) is 103 Å². The van der Waals surface area contributed by atoms with Crippen LogP contribution in [0.5, 0.6) is 0 Å². The van der Waals surface area contributed by atoms with Crippen molar-refractivity contribution < 1.29 is 19.1 Å². The Hall–Kier alpha value is -3.71. The first kappa shape index (κ1) is 34.6. The highest BCUT2D eigenvalue weighted by Gasteiger charge is 2.56. The summed E-state index contributed by atoms with van der Waals surface area (Å²) < 4.78 is 12.4. The Kier molecular flexibility index (Phi) is 9.62. The molecule has 2 fully saturated rings. The number of rotatable bonds is 9. The SMILES string of the molecule is Cc1nc(C)c([C@H](OC(C)(C)C)C(=O)OC(C)C)c(N2C[C@H]3CC[C@](C)(C2)C3(C)C)c1-c1ccc(C(=O)NCc2ccccc2)cc1. The van der Waals surface area contributed by atoms with Gasteiger partial charge in [0.15, 0.2) is 6.10 Å². The molecule has 1 saturated carbocycles. The van der Waals surface area contributed by atoms with Crippen LogP contribution in [-0.2, 0) is 20.8 Å². The van der Waals surface area contributed by atoms with E-state index in [1.165, 1.54) is 12.8 Å². The lowest BCUT2D eigenvalue weighted by Crippen LogP contribution is -2.52. The van der Waals surface area contributed by atoms with E-state index in [0.29, 0.717) is 18.0 Å². The third-order valence-corrected chi connectivity index (χ3v) is 10.5. The smallest absolute Gasteiger partial charge is 0.340 e. The zero-order chi connectivity index (χ0) is 34.3. The fraction of sp³-hybridized carbons (Fsp3) is 0.525. The standard InChI is InChI=1S/C40H53N3O4/c1-25(2)46-37(45)35(47-38(5,6)7)33-27(4)42-26(3)32(34(33)43-23-31-20-21-40(10,24-43)39(31,8)9)29-16-18-30(19-17-29)36(44)41-22-28-14-12-11-13-15-28/h11-19,25,31,35H,20-24H2,1-10H3,(H,41,44)/t31-,35+,40-/m1/s1. The number of aromatic nitrogens is 1. The van der Waals surface area contributed by atoms with Crippen LogP contribution in [0.2, 0.25) is 0 Å². The number of nitrogens with one attached hydrogen (secondary N) is 1. The fourth-order valence-electron chi connectivity index (χ4n) is 7.57. The molecule has 5 rings (SSSR count). The number of nitrogens with zero attached hydrogens (tertiary/aromatic N) is 2. The second-order valence-electron chi connectivity index (χ2n) is 15.7. The van der Waals surface area contributed by atoms with E-state index < -0.39 is 17.7 Å². The van der Waals surface area contributed by atoms with E-state index in [-0.39, 0.29) is 22.8 Å². The summed E-state index contributed by atoms with van der Waals surface area (Å²) in [5.74, 6) is -0.0262. The summed E-state index contributed by atoms with van der Waals surface area (Å²) in [5, 5.41) is 3.03. The molecule has 1 aliphatic heterocycles. The van der Waals surface area contributed by atoms with Gasteiger partial charge in [-0.1, -0.05) is 63.2 Å². The molecular weight excluding hydrogens is 586 g/mol. The Morgan fingerprint density at radius 2 is 1.66 bits per heavy atom. The van der Waals surface area contributed by atoms with Crippen LogP contribution in [0.25, 0.3) is 11.1 Å². The predicted octanol–water partition coefficient (Wildman–Crippen LogP) is 8.37. The average molecular weight is 640 g/mol. The molecule has 1 N–H and O–H groups in total. The number of anilines is 1. The summed E-state index contributed by atoms with van der Waals surface area (Å²) >= 11 is 0. The van der Waals surface area contributed by atoms with Gasteiger partial charge in [0.25, 0.3) is 5.91 Å². The average Bonchev–Trinajstić information content (AvgIpc) is 3.10. The van der Waals surface area contributed by atoms with Gasteiger partial charge < -0.3 is 19.7 Å². The van der Waals surface area contributed by atoms with Crippen molar-refractivity contribution >= 4 is 17.6 Å². The fourth-order valence-corrected chi connectivity index (χ4v) is 7.57. The minimum atomic E-state index is -0.956. The van der Waals surface area contributed by atoms with Gasteiger partial charge in [0.2, 0.25) is 0 Å². The number of benzene rings is 2. The molecule has 7 nitrogen and oxygen atoms in total. The Bertz CT molecular complexity index is 1610. The lowest BCUT2D eigenvalue weighted by atomic mass is 9.63. The summed E-state index contributed by atoms with van der Waals surface area (Å²) in [5.41, 5.74) is 6.62. The van der Waals surface area contributed by atoms with Crippen LogP contribution >= 0.6 is 0 Å². The van der Waals surface area contributed by atoms with Gasteiger partial charge in [0.05, 0.1) is 17.4 Å². The zero-order valence-corrected chi connectivity index (χ0v) is 30.0. The molecule has 0 unspecified atom stereocenters. The minimum absolute atomic E-state index is 0.106. The van der Waals surface area contributed by atoms with Crippen molar-refractivity contribution in [2.45, 2.75) is 106 Å². The molecule has 1 saturated heterocycles. The number of hydrogen-bond acceptors (Lipinski definition) is 6. The molecule has 1 aliphatic carbocycles. The van der Waals surface area contributed by atoms with Gasteiger partial charge in [-0.25, -0.2) is 4.79 Å². The first-order valence-electron chi connectivity index (χ1n) is 17.1. The Morgan fingerprint density at radius 1 is 1.00 bits per heavy atom. The Morgan fingerprint density at radius 3 is 2.26 bits per heavy atom. The maximum absolute atomic E-state index is 13.9. The van der Waals surface area contributed by atoms with E-state index in [9.17, 15) is 9.59 Å². The van der Waals surface area contributed by atoms with E-state index in [0.717, 1.165) is 52.4 Å². The largest absolute Gasteiger partial charge is 0.461 e. The van der Waals surface area contributed by atoms with Crippen LogP contribution in [0.15, 0.2) is 54.6 Å². The maximum atomic E-state index is 13.9. The summed E-state index contributed by atoms with van der Waals surface area (Å²) in [7, 11) is 0. The van der Waals surface area contributed by atoms with Gasteiger partial charge in [0, 0.05) is 47.7 Å². The molecule has 2 aromatic carbocycles. The number of aryl methyl sites for hydroxylation is 2. The van der Waals surface area contributed by atoms with Crippen LogP contribution in [0, 0.1) is 30.6 Å². The Balaban J connectivity index is 1.63. The highest BCUT2D eigenvalue weighted by atomic mass is 16.6. The number of carbonyl (C=O) groups is 2. The predicted molar refractivity (Wildman–Crippen MR) is 188 cm³/mol. The number of hydrogen-bond donors (Lipinski definition) is 1. The molecule has 7 heteroatoms. The molecule has 1 aromatic heterocycles. The maximum Gasteiger partial charge on any atom is 0.340 e. The number of fused-ring (bicyclic) bond motifs is 2. The molecule has 252 valence electrons. The highest BCUT2D eigenvalue weighted by Crippen LogP contribution is 2.60. The van der Waals surface area contributed by atoms with Crippen molar-refractivity contribution in [3.8, 4) is 11.1 Å². The number of carbonyl (C=O) groups excluding carboxylic acids is 2. The molecule has 0 radical (unpaired) electrons. The van der Waals surface area contributed by atoms with Crippen molar-refractivity contribution in [1.29, 1.82) is 0 Å². The second kappa shape index (κ2) is 13.1. The van der Waals surface area contributed by atoms with Crippen LogP contribution in [0.4, 0.5) is 5.69 Å². The summed E-state index contributed by atoms with van der Waals surface area (Å²) in [6.45, 7) is 23.1. The van der Waals surface area contributed by atoms with Crippen molar-refractivity contribution in [2.24, 2.45) is 16.7 Å². The van der Waals surface area contributed by atoms with Crippen molar-refractivity contribution in [3.63, 3.8) is 0 Å². The molecular formula is C40H53N3O4. The number of piperidine rings is 1. The monoisotopic (exact) mass is 639 g/mol. The minimum Gasteiger partial charge on any atom is -0.461 e. The Labute approximate surface area is 281 Å². The lowest BCUT2D eigenvalue weighted by molar-refractivity contribution is -0.171. The summed E-state index contributed by atoms with van der Waals surface area (Å²) in [6.07, 6.45) is 1.10. The third kappa shape index (κ3) is 7.11. The van der Waals surface area contributed by atoms with Gasteiger partial charge in [0.1, 0.15) is 0 Å². The van der Waals surface area contributed by atoms with Crippen molar-refractivity contribution in [3.05, 3.63) is 82.7 Å². The zero-order valence-electron chi connectivity index (χ0n) is 30.0. The van der Waals surface area contributed by atoms with Crippen molar-refractivity contribution in [1.82, 2.24) is 10.3 Å². The van der Waals surface area contributed by atoms with Gasteiger partial charge in [-0.3, -0.25) is 9.78 Å². The molecule has 2 bridgehead atoms. The normalized spacial score (nSPS) is 21.1. The lowest BCUT2D eigenvalue weighted by Gasteiger charge is -2.52. The number of pyridine rings is 1. The molecule has 1 amide bonds. The molecule has 3 atom stereocenters. The molecule has 2 aliphatic rings. The number of esters is 1. The van der Waals surface area contributed by atoms with Gasteiger partial charge >= 0.3 is 5.97 Å². The van der Waals surface area contributed by atoms with Crippen LogP contribution in [0.3, 0.4) is 0 Å². The van der Waals surface area contributed by atoms with Crippen LogP contribution in [0.1, 0.15) is 107 Å². The number of amides is 1. The topological polar surface area (TPSA) is 80.8 Å². The van der Waals surface area contributed by atoms with Gasteiger partial charge in [-0.15, -0.1) is 0 Å². The molecule has 47 heavy (non-hydrogen) atoms. The van der Waals surface area contributed by atoms with E-state index >= 15 is 0 Å². The van der Waals surface area contributed by atoms with Crippen molar-refractivity contribution in [2.75, 3.05) is 18.0 Å². The summed E-state index contributed by atoms with van der Waals surface area (Å²) in [6, 6.07) is 17.6. The second-order valence-corrected chi connectivity index (χ2v) is 15.7. The molecule has 3 aromatic rings. The first-order chi connectivity index (χ1) is 22.0. The van der Waals surface area contributed by atoms with Crippen LogP contribution < -0.4 is 10.2 Å². The van der Waals surface area contributed by atoms with E-state index in [2.05, 4.69) is 31.0 Å². The van der Waals surface area contributed by atoms with E-state index in [1.54, 1.807) is 0 Å². The first-order valence-corrected chi connectivity index (χ1v) is 17.1. The van der Waals surface area contributed by atoms with Crippen LogP contribution in [-0.4, -0.2) is 41.7 Å². The quantitative estimate of drug-likeness (QED) is 0.237. The number of ether oxygens (including phenoxy) is 2. The summed E-state index contributed by atoms with van der Waals surface area (Å²) in [4.78, 5) is 34.6. The van der Waals surface area contributed by atoms with Gasteiger partial charge in [-0.05, 0) is 101 Å². The highest BCUT2D eigenvalue weighted by molar-refractivity contribution is 5.95. The molecule has 2 heterocycles. The van der Waals surface area contributed by atoms with E-state index in [4.69, 9.17) is 14.5 Å². The third-order valence-electron chi connectivity index (χ3n) is 10.5.